The summed E-state index contributed by atoms with van der Waals surface area (Å²) in [6.45, 7) is 9.89. The van der Waals surface area contributed by atoms with Crippen LogP contribution in [0.15, 0.2) is 93.9 Å². The molecular weight excluding hydrogens is 705 g/mol. The number of carboxylic acid groups (broad SMARTS) is 1. The van der Waals surface area contributed by atoms with Gasteiger partial charge in [-0.05, 0) is 100 Å². The lowest BCUT2D eigenvalue weighted by molar-refractivity contribution is -0.137. The number of carbonyl (C=O) groups is 1. The van der Waals surface area contributed by atoms with E-state index in [1.165, 1.54) is 12.1 Å². The van der Waals surface area contributed by atoms with Crippen molar-refractivity contribution >= 4 is 38.0 Å². The molecule has 1 unspecified atom stereocenters. The first-order valence-electron chi connectivity index (χ1n) is 17.2. The second kappa shape index (κ2) is 15.6. The molecule has 0 fully saturated rings. The molecule has 11 nitrogen and oxygen atoms in total. The minimum Gasteiger partial charge on any atom is -0.481 e. The Kier molecular flexibility index (Phi) is 11.6. The molecule has 0 amide bonds. The third kappa shape index (κ3) is 8.39. The molecule has 0 spiro atoms. The highest BCUT2D eigenvalue weighted by molar-refractivity contribution is 7.86. The highest BCUT2D eigenvalue weighted by Gasteiger charge is 2.43. The monoisotopic (exact) mass is 749 g/mol. The van der Waals surface area contributed by atoms with Gasteiger partial charge in [0.1, 0.15) is 24.6 Å². The van der Waals surface area contributed by atoms with Crippen LogP contribution >= 0.6 is 0 Å². The van der Waals surface area contributed by atoms with E-state index < -0.39 is 37.4 Å². The Balaban J connectivity index is 1.69. The van der Waals surface area contributed by atoms with Gasteiger partial charge in [-0.2, -0.15) is 16.8 Å². The van der Waals surface area contributed by atoms with Gasteiger partial charge >= 0.3 is 5.97 Å². The lowest BCUT2D eigenvalue weighted by Crippen LogP contribution is -2.30. The van der Waals surface area contributed by atoms with Gasteiger partial charge in [0, 0.05) is 47.0 Å². The van der Waals surface area contributed by atoms with Crippen LogP contribution in [0.5, 0.6) is 0 Å². The van der Waals surface area contributed by atoms with Crippen molar-refractivity contribution in [2.45, 2.75) is 63.7 Å². The minimum absolute atomic E-state index is 0.0546. The van der Waals surface area contributed by atoms with Crippen molar-refractivity contribution < 1.29 is 40.3 Å². The average Bonchev–Trinajstić information content (AvgIpc) is 3.31. The van der Waals surface area contributed by atoms with E-state index >= 15 is 0 Å². The van der Waals surface area contributed by atoms with Crippen molar-refractivity contribution in [3.8, 4) is 22.5 Å². The van der Waals surface area contributed by atoms with Crippen LogP contribution in [-0.4, -0.2) is 62.4 Å². The fraction of sp³-hybridized carbons (Fsp3) is 0.333. The summed E-state index contributed by atoms with van der Waals surface area (Å²) in [4.78, 5) is 13.1. The van der Waals surface area contributed by atoms with E-state index in [4.69, 9.17) is 4.42 Å². The first kappa shape index (κ1) is 38.7. The molecule has 2 aromatic rings. The quantitative estimate of drug-likeness (QED) is 0.0942. The molecule has 2 aliphatic heterocycles. The molecular formula is C39H45N2O9S2+. The summed E-state index contributed by atoms with van der Waals surface area (Å²) in [5.41, 5.74) is 4.79. The van der Waals surface area contributed by atoms with E-state index in [0.29, 0.717) is 34.9 Å². The number of hydrogen-bond donors (Lipinski definition) is 3. The highest BCUT2D eigenvalue weighted by Crippen LogP contribution is 2.51. The largest absolute Gasteiger partial charge is 0.481 e. The maximum Gasteiger partial charge on any atom is 0.303 e. The van der Waals surface area contributed by atoms with Crippen molar-refractivity contribution in [2.75, 3.05) is 30.3 Å². The molecule has 0 saturated carbocycles. The Morgan fingerprint density at radius 3 is 2.31 bits per heavy atom. The van der Waals surface area contributed by atoms with Crippen molar-refractivity contribution in [3.63, 3.8) is 0 Å². The first-order chi connectivity index (χ1) is 24.6. The van der Waals surface area contributed by atoms with E-state index in [2.05, 4.69) is 42.7 Å². The predicted octanol–water partition coefficient (Wildman–Crippen LogP) is 6.63. The summed E-state index contributed by atoms with van der Waals surface area (Å²) in [5.74, 6) is -0.156. The Morgan fingerprint density at radius 1 is 0.962 bits per heavy atom. The van der Waals surface area contributed by atoms with Crippen molar-refractivity contribution in [2.24, 2.45) is 0 Å². The van der Waals surface area contributed by atoms with Gasteiger partial charge < -0.3 is 14.4 Å². The molecule has 3 aliphatic rings. The Bertz CT molecular complexity index is 2290. The topological polar surface area (TPSA) is 165 Å². The van der Waals surface area contributed by atoms with Crippen molar-refractivity contribution in [1.82, 2.24) is 4.58 Å². The van der Waals surface area contributed by atoms with Gasteiger partial charge in [0.05, 0.1) is 16.7 Å². The van der Waals surface area contributed by atoms with Crippen LogP contribution in [0.25, 0.3) is 28.5 Å². The van der Waals surface area contributed by atoms with Crippen LogP contribution in [0.4, 0.5) is 5.69 Å². The van der Waals surface area contributed by atoms with Crippen LogP contribution < -0.4 is 14.8 Å². The fourth-order valence-corrected chi connectivity index (χ4v) is 8.17. The Morgan fingerprint density at radius 2 is 1.67 bits per heavy atom. The number of rotatable bonds is 14. The molecule has 3 N–H and O–H groups in total. The zero-order valence-corrected chi connectivity index (χ0v) is 31.4. The molecule has 1 atom stereocenters. The van der Waals surface area contributed by atoms with Crippen molar-refractivity contribution in [3.05, 3.63) is 107 Å². The van der Waals surface area contributed by atoms with Gasteiger partial charge in [-0.15, -0.1) is 0 Å². The zero-order chi connectivity index (χ0) is 37.8. The molecule has 2 heterocycles. The smallest absolute Gasteiger partial charge is 0.303 e. The van der Waals surface area contributed by atoms with E-state index in [1.807, 2.05) is 61.2 Å². The van der Waals surface area contributed by atoms with E-state index in [9.17, 15) is 35.8 Å². The van der Waals surface area contributed by atoms with Gasteiger partial charge in [0.2, 0.25) is 5.36 Å². The van der Waals surface area contributed by atoms with Gasteiger partial charge in [-0.3, -0.25) is 13.9 Å². The van der Waals surface area contributed by atoms with E-state index in [1.54, 1.807) is 6.07 Å². The standard InChI is InChI=1S/C39H44N2O9S2/c1-5-40(6-2)29-18-20-31-35(25-29)50-34(27(3)38(31)28-13-8-7-9-14-28)15-10-16-36-39(4,22-11-17-37(42)43)32-26-30(52(47,48)49)19-21-33(32)41(36)23-12-24-51(44,45)46/h7-10,13-16,18-21,25-26H,5-6,11-12,17,22-24H2,1-4H3,(H2-,42,43,44,45,46,47,48,49)/p+1. The summed E-state index contributed by atoms with van der Waals surface area (Å²) in [6.07, 6.45) is 6.00. The fourth-order valence-electron chi connectivity index (χ4n) is 7.16. The molecule has 0 saturated heterocycles. The maximum absolute atomic E-state index is 12.2. The van der Waals surface area contributed by atoms with Gasteiger partial charge in [-0.1, -0.05) is 36.4 Å². The molecule has 2 aromatic carbocycles. The van der Waals surface area contributed by atoms with Crippen LogP contribution in [0.3, 0.4) is 0 Å². The molecule has 276 valence electrons. The number of nitrogens with zero attached hydrogens (tertiary/aromatic N) is 2. The molecule has 5 rings (SSSR count). The third-order valence-electron chi connectivity index (χ3n) is 9.75. The van der Waals surface area contributed by atoms with E-state index in [0.717, 1.165) is 40.7 Å². The van der Waals surface area contributed by atoms with Crippen molar-refractivity contribution in [1.29, 1.82) is 0 Å². The predicted molar refractivity (Wildman–Crippen MR) is 202 cm³/mol. The van der Waals surface area contributed by atoms with Gasteiger partial charge in [0.15, 0.2) is 0 Å². The molecule has 0 aromatic heterocycles. The van der Waals surface area contributed by atoms with E-state index in [-0.39, 0.29) is 30.7 Å². The third-order valence-corrected chi connectivity index (χ3v) is 11.4. The second-order valence-electron chi connectivity index (χ2n) is 13.1. The van der Waals surface area contributed by atoms with Gasteiger partial charge in [0.25, 0.3) is 20.2 Å². The van der Waals surface area contributed by atoms with Crippen LogP contribution in [0, 0.1) is 6.92 Å². The average molecular weight is 750 g/mol. The molecule has 0 bridgehead atoms. The highest BCUT2D eigenvalue weighted by atomic mass is 32.2. The zero-order valence-electron chi connectivity index (χ0n) is 29.7. The first-order valence-corrected chi connectivity index (χ1v) is 20.3. The number of carboxylic acids is 1. The lowest BCUT2D eigenvalue weighted by Gasteiger charge is -2.30. The molecule has 52 heavy (non-hydrogen) atoms. The summed E-state index contributed by atoms with van der Waals surface area (Å²) in [5, 5.41) is 10.5. The Hall–Kier alpha value is -4.56. The number of anilines is 1. The molecule has 0 radical (unpaired) electrons. The van der Waals surface area contributed by atoms with Crippen LogP contribution in [-0.2, 0) is 30.4 Å². The van der Waals surface area contributed by atoms with Crippen LogP contribution in [0.2, 0.25) is 0 Å². The lowest BCUT2D eigenvalue weighted by atomic mass is 9.77. The van der Waals surface area contributed by atoms with Crippen LogP contribution in [0.1, 0.15) is 63.3 Å². The Labute approximate surface area is 305 Å². The summed E-state index contributed by atoms with van der Waals surface area (Å²) in [7, 11) is -8.83. The number of hydrogen-bond acceptors (Lipinski definition) is 7. The number of fused-ring (bicyclic) bond motifs is 2. The summed E-state index contributed by atoms with van der Waals surface area (Å²) >= 11 is 0. The van der Waals surface area contributed by atoms with Gasteiger partial charge in [-0.25, -0.2) is 4.58 Å². The number of aliphatic carboxylic acids is 1. The number of benzene rings is 3. The maximum atomic E-state index is 12.2. The number of allylic oxidation sites excluding steroid dienone is 3. The molecule has 13 heteroatoms. The SMILES string of the molecule is CC[N+](CC)=c1ccc2c(-c3ccccc3)c(C)c(/C=C/C=C3\N(CCCS(=O)(=O)O)c4ccc(S(=O)(=O)O)cc4C3(C)CCCC(=O)O)oc-2c1. The summed E-state index contributed by atoms with van der Waals surface area (Å²) < 4.78 is 75.9. The second-order valence-corrected chi connectivity index (χ2v) is 16.1. The minimum atomic E-state index is -4.57. The summed E-state index contributed by atoms with van der Waals surface area (Å²) in [6, 6.07) is 20.5. The normalized spacial score (nSPS) is 17.0. The molecule has 1 aliphatic carbocycles.